The van der Waals surface area contributed by atoms with Gasteiger partial charge in [0.05, 0.1) is 0 Å². The topological polar surface area (TPSA) is 3.24 Å². The second kappa shape index (κ2) is 10.8. The molecule has 0 aliphatic rings. The summed E-state index contributed by atoms with van der Waals surface area (Å²) < 4.78 is 1.17. The van der Waals surface area contributed by atoms with Crippen molar-refractivity contribution in [2.75, 3.05) is 23.9 Å². The third-order valence-corrected chi connectivity index (χ3v) is 3.14. The van der Waals surface area contributed by atoms with Gasteiger partial charge in [-0.3, -0.25) is 4.90 Å². The Morgan fingerprint density at radius 1 is 1.31 bits per heavy atom. The smallest absolute Gasteiger partial charge is 0.0351 e. The van der Waals surface area contributed by atoms with Crippen molar-refractivity contribution in [2.24, 2.45) is 0 Å². The maximum atomic E-state index is 5.73. The molecule has 92 valence electrons. The molecule has 1 aromatic carbocycles. The van der Waals surface area contributed by atoms with Gasteiger partial charge in [-0.05, 0) is 23.1 Å². The van der Waals surface area contributed by atoms with Crippen LogP contribution in [0.3, 0.4) is 0 Å². The Morgan fingerprint density at radius 2 is 1.94 bits per heavy atom. The average Bonchev–Trinajstić information content (AvgIpc) is 2.34. The van der Waals surface area contributed by atoms with Crippen molar-refractivity contribution in [1.82, 2.24) is 4.90 Å². The van der Waals surface area contributed by atoms with E-state index in [1.54, 1.807) is 0 Å². The second-order valence-corrected chi connectivity index (χ2v) is 4.38. The molecule has 0 N–H and O–H groups in total. The van der Waals surface area contributed by atoms with Gasteiger partial charge >= 0.3 is 0 Å². The SMILES string of the molecule is CCN(CCCl)Cc1ccccc1Br.CI. The van der Waals surface area contributed by atoms with Crippen molar-refractivity contribution in [1.29, 1.82) is 0 Å². The van der Waals surface area contributed by atoms with Gasteiger partial charge in [0.2, 0.25) is 0 Å². The largest absolute Gasteiger partial charge is 0.298 e. The molecule has 0 saturated carbocycles. The Morgan fingerprint density at radius 3 is 2.44 bits per heavy atom. The first-order valence-electron chi connectivity index (χ1n) is 5.17. The van der Waals surface area contributed by atoms with Crippen LogP contribution in [0.2, 0.25) is 0 Å². The number of benzene rings is 1. The predicted molar refractivity (Wildman–Crippen MR) is 85.8 cm³/mol. The highest BCUT2D eigenvalue weighted by molar-refractivity contribution is 14.1. The monoisotopic (exact) mass is 417 g/mol. The third kappa shape index (κ3) is 6.42. The van der Waals surface area contributed by atoms with Crippen LogP contribution < -0.4 is 0 Å². The molecule has 0 amide bonds. The van der Waals surface area contributed by atoms with Crippen molar-refractivity contribution >= 4 is 50.1 Å². The van der Waals surface area contributed by atoms with Crippen LogP contribution in [0.25, 0.3) is 0 Å². The van der Waals surface area contributed by atoms with Crippen molar-refractivity contribution in [2.45, 2.75) is 13.5 Å². The molecule has 0 aliphatic heterocycles. The third-order valence-electron chi connectivity index (χ3n) is 2.20. The van der Waals surface area contributed by atoms with Gasteiger partial charge in [0, 0.05) is 23.4 Å². The molecule has 1 aromatic rings. The average molecular weight is 419 g/mol. The lowest BCUT2D eigenvalue weighted by Gasteiger charge is -2.19. The van der Waals surface area contributed by atoms with E-state index in [0.29, 0.717) is 5.88 Å². The van der Waals surface area contributed by atoms with Gasteiger partial charge < -0.3 is 0 Å². The number of halogens is 3. The van der Waals surface area contributed by atoms with E-state index in [-0.39, 0.29) is 0 Å². The Hall–Kier alpha value is 0.680. The Bertz CT molecular complexity index is 283. The van der Waals surface area contributed by atoms with Crippen molar-refractivity contribution in [3.8, 4) is 0 Å². The maximum absolute atomic E-state index is 5.73. The first kappa shape index (κ1) is 16.7. The quantitative estimate of drug-likeness (QED) is 0.501. The molecule has 0 aliphatic carbocycles. The minimum Gasteiger partial charge on any atom is -0.298 e. The van der Waals surface area contributed by atoms with Crippen LogP contribution in [0.1, 0.15) is 12.5 Å². The fourth-order valence-corrected chi connectivity index (χ4v) is 1.99. The molecule has 4 heteroatoms. The van der Waals surface area contributed by atoms with Gasteiger partial charge in [0.15, 0.2) is 0 Å². The van der Waals surface area contributed by atoms with Crippen LogP contribution in [-0.2, 0) is 6.54 Å². The summed E-state index contributed by atoms with van der Waals surface area (Å²) in [6.45, 7) is 5.10. The van der Waals surface area contributed by atoms with Crippen LogP contribution in [0.4, 0.5) is 0 Å². The molecule has 1 nitrogen and oxygen atoms in total. The molecule has 0 radical (unpaired) electrons. The lowest BCUT2D eigenvalue weighted by Crippen LogP contribution is -2.25. The number of nitrogens with zero attached hydrogens (tertiary/aromatic N) is 1. The summed E-state index contributed by atoms with van der Waals surface area (Å²) in [5.41, 5.74) is 1.32. The Labute approximate surface area is 126 Å². The lowest BCUT2D eigenvalue weighted by atomic mass is 10.2. The van der Waals surface area contributed by atoms with Gasteiger partial charge in [-0.15, -0.1) is 11.6 Å². The van der Waals surface area contributed by atoms with Crippen LogP contribution >= 0.6 is 50.1 Å². The molecule has 0 unspecified atom stereocenters. The van der Waals surface area contributed by atoms with Crippen molar-refractivity contribution in [3.05, 3.63) is 34.3 Å². The molecule has 0 heterocycles. The van der Waals surface area contributed by atoms with Gasteiger partial charge in [-0.1, -0.05) is 63.6 Å². The zero-order valence-electron chi connectivity index (χ0n) is 9.72. The van der Waals surface area contributed by atoms with Gasteiger partial charge in [0.1, 0.15) is 0 Å². The molecule has 0 saturated heterocycles. The van der Waals surface area contributed by atoms with E-state index in [9.17, 15) is 0 Å². The molecular weight excluding hydrogens is 400 g/mol. The summed E-state index contributed by atoms with van der Waals surface area (Å²) in [5, 5.41) is 0. The normalized spacial score (nSPS) is 9.88. The van der Waals surface area contributed by atoms with E-state index in [2.05, 4.69) is 68.5 Å². The molecule has 0 fully saturated rings. The first-order chi connectivity index (χ1) is 7.77. The van der Waals surface area contributed by atoms with Crippen LogP contribution in [0.5, 0.6) is 0 Å². The minimum atomic E-state index is 0.693. The van der Waals surface area contributed by atoms with Gasteiger partial charge in [0.25, 0.3) is 0 Å². The molecule has 0 spiro atoms. The van der Waals surface area contributed by atoms with E-state index < -0.39 is 0 Å². The highest BCUT2D eigenvalue weighted by atomic mass is 127. The van der Waals surface area contributed by atoms with E-state index in [4.69, 9.17) is 11.6 Å². The Balaban J connectivity index is 0.00000106. The standard InChI is InChI=1S/C11H15BrClN.CH3I/c1-2-14(8-7-13)9-10-5-3-4-6-11(10)12;1-2/h3-6H,2,7-9H2,1H3;1H3. The second-order valence-electron chi connectivity index (χ2n) is 3.15. The molecular formula is C12H18BrClIN. The highest BCUT2D eigenvalue weighted by Crippen LogP contribution is 2.17. The summed E-state index contributed by atoms with van der Waals surface area (Å²) in [7, 11) is 0. The van der Waals surface area contributed by atoms with Crippen molar-refractivity contribution < 1.29 is 0 Å². The van der Waals surface area contributed by atoms with Gasteiger partial charge in [-0.2, -0.15) is 0 Å². The van der Waals surface area contributed by atoms with Crippen LogP contribution in [0.15, 0.2) is 28.7 Å². The van der Waals surface area contributed by atoms with E-state index in [1.807, 2.05) is 11.0 Å². The summed E-state index contributed by atoms with van der Waals surface area (Å²) in [4.78, 5) is 4.30. The van der Waals surface area contributed by atoms with E-state index in [1.165, 1.54) is 10.0 Å². The summed E-state index contributed by atoms with van der Waals surface area (Å²) >= 11 is 11.4. The molecule has 0 atom stereocenters. The van der Waals surface area contributed by atoms with Crippen molar-refractivity contribution in [3.63, 3.8) is 0 Å². The zero-order chi connectivity index (χ0) is 12.4. The summed E-state index contributed by atoms with van der Waals surface area (Å²) in [6.07, 6.45) is 0. The summed E-state index contributed by atoms with van der Waals surface area (Å²) in [6, 6.07) is 8.31. The van der Waals surface area contributed by atoms with Crippen LogP contribution in [-0.4, -0.2) is 28.8 Å². The lowest BCUT2D eigenvalue weighted by molar-refractivity contribution is 0.297. The fourth-order valence-electron chi connectivity index (χ4n) is 1.34. The predicted octanol–water partition coefficient (Wildman–Crippen LogP) is 4.56. The minimum absolute atomic E-state index is 0.693. The number of hydrogen-bond acceptors (Lipinski definition) is 1. The molecule has 0 bridgehead atoms. The number of alkyl halides is 2. The highest BCUT2D eigenvalue weighted by Gasteiger charge is 2.04. The fraction of sp³-hybridized carbons (Fsp3) is 0.500. The van der Waals surface area contributed by atoms with Crippen LogP contribution in [0, 0.1) is 0 Å². The molecule has 1 rings (SSSR count). The Kier molecular flexibility index (Phi) is 11.3. The number of rotatable bonds is 5. The first-order valence-corrected chi connectivity index (χ1v) is 8.66. The molecule has 16 heavy (non-hydrogen) atoms. The van der Waals surface area contributed by atoms with Gasteiger partial charge in [-0.25, -0.2) is 0 Å². The summed E-state index contributed by atoms with van der Waals surface area (Å²) in [5.74, 6) is 0.693. The maximum Gasteiger partial charge on any atom is 0.0351 e. The molecule has 0 aromatic heterocycles. The van der Waals surface area contributed by atoms with E-state index >= 15 is 0 Å². The number of hydrogen-bond donors (Lipinski definition) is 0. The van der Waals surface area contributed by atoms with E-state index in [0.717, 1.165) is 19.6 Å². The zero-order valence-corrected chi connectivity index (χ0v) is 14.2.